The number of imidazole rings is 1. The van der Waals surface area contributed by atoms with E-state index >= 15 is 0 Å². The number of halogens is 3. The van der Waals surface area contributed by atoms with Crippen LogP contribution in [-0.2, 0) is 19.4 Å². The summed E-state index contributed by atoms with van der Waals surface area (Å²) < 4.78 is 4.70. The smallest absolute Gasteiger partial charge is 0.111 e. The fraction of sp³-hybridized carbons (Fsp3) is 0.267. The van der Waals surface area contributed by atoms with Crippen molar-refractivity contribution in [2.24, 2.45) is 0 Å². The molecule has 0 radical (unpaired) electrons. The number of hydrogen-bond acceptors (Lipinski definition) is 2. The predicted octanol–water partition coefficient (Wildman–Crippen LogP) is 5.49. The SMILES string of the molecule is ClCCc1nc2cc(I)ccc2n1CCc1ccc(Br)s1. The van der Waals surface area contributed by atoms with Gasteiger partial charge in [-0.25, -0.2) is 4.98 Å². The maximum atomic E-state index is 5.93. The van der Waals surface area contributed by atoms with Crippen LogP contribution < -0.4 is 0 Å². The molecule has 110 valence electrons. The Morgan fingerprint density at radius 2 is 2.10 bits per heavy atom. The third-order valence-corrected chi connectivity index (χ3v) is 5.86. The van der Waals surface area contributed by atoms with E-state index < -0.39 is 0 Å². The second-order valence-corrected chi connectivity index (χ2v) is 8.88. The lowest BCUT2D eigenvalue weighted by Crippen LogP contribution is -2.06. The van der Waals surface area contributed by atoms with E-state index in [0.717, 1.165) is 30.7 Å². The van der Waals surface area contributed by atoms with Crippen LogP contribution in [0, 0.1) is 3.57 Å². The van der Waals surface area contributed by atoms with Crippen molar-refractivity contribution in [1.82, 2.24) is 9.55 Å². The van der Waals surface area contributed by atoms with Crippen molar-refractivity contribution in [2.45, 2.75) is 19.4 Å². The summed E-state index contributed by atoms with van der Waals surface area (Å²) >= 11 is 13.6. The minimum absolute atomic E-state index is 0.602. The quantitative estimate of drug-likeness (QED) is 0.338. The summed E-state index contributed by atoms with van der Waals surface area (Å²) in [4.78, 5) is 6.13. The zero-order chi connectivity index (χ0) is 14.8. The minimum atomic E-state index is 0.602. The van der Waals surface area contributed by atoms with E-state index in [1.165, 1.54) is 17.8 Å². The first kappa shape index (κ1) is 15.8. The van der Waals surface area contributed by atoms with E-state index in [0.29, 0.717) is 5.88 Å². The predicted molar refractivity (Wildman–Crippen MR) is 103 cm³/mol. The number of hydrogen-bond donors (Lipinski definition) is 0. The summed E-state index contributed by atoms with van der Waals surface area (Å²) in [6.07, 6.45) is 1.82. The molecule has 0 unspecified atom stereocenters. The Bertz CT molecular complexity index is 768. The molecule has 1 aromatic carbocycles. The van der Waals surface area contributed by atoms with Crippen molar-refractivity contribution >= 4 is 72.5 Å². The summed E-state index contributed by atoms with van der Waals surface area (Å²) in [5.74, 6) is 1.68. The van der Waals surface area contributed by atoms with Gasteiger partial charge >= 0.3 is 0 Å². The molecule has 2 nitrogen and oxygen atoms in total. The van der Waals surface area contributed by atoms with Crippen molar-refractivity contribution in [3.05, 3.63) is 48.4 Å². The van der Waals surface area contributed by atoms with Crippen LogP contribution in [0.4, 0.5) is 0 Å². The van der Waals surface area contributed by atoms with Crippen LogP contribution in [0.5, 0.6) is 0 Å². The summed E-state index contributed by atoms with van der Waals surface area (Å²) in [7, 11) is 0. The Labute approximate surface area is 154 Å². The number of aromatic nitrogens is 2. The molecule has 0 atom stereocenters. The van der Waals surface area contributed by atoms with Gasteiger partial charge in [0.05, 0.1) is 14.8 Å². The molecule has 2 heterocycles. The fourth-order valence-corrected chi connectivity index (χ4v) is 4.50. The van der Waals surface area contributed by atoms with Gasteiger partial charge in [-0.3, -0.25) is 0 Å². The monoisotopic (exact) mass is 494 g/mol. The van der Waals surface area contributed by atoms with Crippen molar-refractivity contribution in [2.75, 3.05) is 5.88 Å². The molecule has 0 saturated heterocycles. The Balaban J connectivity index is 1.92. The zero-order valence-electron chi connectivity index (χ0n) is 11.2. The van der Waals surface area contributed by atoms with Crippen molar-refractivity contribution in [3.8, 4) is 0 Å². The lowest BCUT2D eigenvalue weighted by Gasteiger charge is -2.07. The molecule has 0 aliphatic heterocycles. The summed E-state index contributed by atoms with van der Waals surface area (Å²) in [5, 5.41) is 0. The van der Waals surface area contributed by atoms with E-state index in [9.17, 15) is 0 Å². The third-order valence-electron chi connectivity index (χ3n) is 3.32. The van der Waals surface area contributed by atoms with Crippen LogP contribution in [0.1, 0.15) is 10.7 Å². The molecule has 0 spiro atoms. The van der Waals surface area contributed by atoms with E-state index in [-0.39, 0.29) is 0 Å². The third kappa shape index (κ3) is 3.63. The van der Waals surface area contributed by atoms with E-state index in [2.05, 4.69) is 73.4 Å². The molecule has 0 aliphatic carbocycles. The van der Waals surface area contributed by atoms with Crippen molar-refractivity contribution < 1.29 is 0 Å². The van der Waals surface area contributed by atoms with Gasteiger partial charge in [0.2, 0.25) is 0 Å². The highest BCUT2D eigenvalue weighted by Crippen LogP contribution is 2.24. The fourth-order valence-electron chi connectivity index (χ4n) is 2.39. The number of benzene rings is 1. The molecule has 6 heteroatoms. The van der Waals surface area contributed by atoms with Crippen LogP contribution in [0.2, 0.25) is 0 Å². The average molecular weight is 496 g/mol. The molecule has 2 aromatic heterocycles. The molecule has 21 heavy (non-hydrogen) atoms. The maximum Gasteiger partial charge on any atom is 0.111 e. The molecule has 3 aromatic rings. The number of nitrogens with zero attached hydrogens (tertiary/aromatic N) is 2. The Hall–Kier alpha value is -0.110. The van der Waals surface area contributed by atoms with Gasteiger partial charge in [-0.15, -0.1) is 22.9 Å². The van der Waals surface area contributed by atoms with E-state index in [1.807, 2.05) is 0 Å². The van der Waals surface area contributed by atoms with Crippen LogP contribution >= 0.6 is 61.5 Å². The van der Waals surface area contributed by atoms with Gasteiger partial charge in [0, 0.05) is 27.3 Å². The molecule has 0 bridgehead atoms. The molecular formula is C15H13BrClIN2S. The van der Waals surface area contributed by atoms with E-state index in [1.54, 1.807) is 11.3 Å². The van der Waals surface area contributed by atoms with Crippen LogP contribution in [0.3, 0.4) is 0 Å². The first-order valence-corrected chi connectivity index (χ1v) is 9.84. The van der Waals surface area contributed by atoms with Gasteiger partial charge in [0.25, 0.3) is 0 Å². The molecule has 0 fully saturated rings. The van der Waals surface area contributed by atoms with Crippen molar-refractivity contribution in [1.29, 1.82) is 0 Å². The highest BCUT2D eigenvalue weighted by atomic mass is 127. The highest BCUT2D eigenvalue weighted by molar-refractivity contribution is 14.1. The lowest BCUT2D eigenvalue weighted by atomic mass is 10.3. The molecule has 0 aliphatic rings. The first-order chi connectivity index (χ1) is 10.2. The number of fused-ring (bicyclic) bond motifs is 1. The number of thiophene rings is 1. The Morgan fingerprint density at radius 1 is 1.24 bits per heavy atom. The molecule has 0 N–H and O–H groups in total. The van der Waals surface area contributed by atoms with Gasteiger partial charge in [-0.2, -0.15) is 0 Å². The number of rotatable bonds is 5. The number of alkyl halides is 1. The maximum absolute atomic E-state index is 5.93. The molecule has 3 rings (SSSR count). The van der Waals surface area contributed by atoms with Gasteiger partial charge in [0.15, 0.2) is 0 Å². The number of aryl methyl sites for hydroxylation is 3. The van der Waals surface area contributed by atoms with Gasteiger partial charge < -0.3 is 4.57 Å². The standard InChI is InChI=1S/C15H13BrClIN2S/c16-14-4-2-11(21-14)6-8-20-13-3-1-10(18)9-12(13)19-15(20)5-7-17/h1-4,9H,5-8H2. The summed E-state index contributed by atoms with van der Waals surface area (Å²) in [5.41, 5.74) is 2.26. The largest absolute Gasteiger partial charge is 0.328 e. The van der Waals surface area contributed by atoms with Crippen LogP contribution in [0.25, 0.3) is 11.0 Å². The van der Waals surface area contributed by atoms with Crippen LogP contribution in [-0.4, -0.2) is 15.4 Å². The van der Waals surface area contributed by atoms with Gasteiger partial charge in [0.1, 0.15) is 5.82 Å². The van der Waals surface area contributed by atoms with E-state index in [4.69, 9.17) is 16.6 Å². The molecular weight excluding hydrogens is 483 g/mol. The van der Waals surface area contributed by atoms with Gasteiger partial charge in [-0.1, -0.05) is 0 Å². The molecule has 0 amide bonds. The second-order valence-electron chi connectivity index (χ2n) is 4.71. The highest BCUT2D eigenvalue weighted by Gasteiger charge is 2.11. The zero-order valence-corrected chi connectivity index (χ0v) is 16.5. The summed E-state index contributed by atoms with van der Waals surface area (Å²) in [6, 6.07) is 10.7. The van der Waals surface area contributed by atoms with Crippen molar-refractivity contribution in [3.63, 3.8) is 0 Å². The molecule has 0 saturated carbocycles. The minimum Gasteiger partial charge on any atom is -0.328 e. The topological polar surface area (TPSA) is 17.8 Å². The van der Waals surface area contributed by atoms with Crippen LogP contribution in [0.15, 0.2) is 34.1 Å². The van der Waals surface area contributed by atoms with Gasteiger partial charge in [-0.05, 0) is 75.3 Å². The Morgan fingerprint density at radius 3 is 2.81 bits per heavy atom. The lowest BCUT2D eigenvalue weighted by molar-refractivity contribution is 0.679. The second kappa shape index (κ2) is 6.98. The first-order valence-electron chi connectivity index (χ1n) is 6.62. The summed E-state index contributed by atoms with van der Waals surface area (Å²) in [6.45, 7) is 0.941. The Kier molecular flexibility index (Phi) is 5.24. The average Bonchev–Trinajstić information content (AvgIpc) is 3.00. The normalized spacial score (nSPS) is 11.4.